The topological polar surface area (TPSA) is 17.1 Å². The highest BCUT2D eigenvalue weighted by atomic mass is 127. The summed E-state index contributed by atoms with van der Waals surface area (Å²) in [4.78, 5) is 12.1. The van der Waals surface area contributed by atoms with Crippen molar-refractivity contribution in [3.05, 3.63) is 67.0 Å². The number of benzene rings is 2. The molecule has 2 rings (SSSR count). The molecule has 0 N–H and O–H groups in total. The monoisotopic (exact) mass is 440 g/mol. The van der Waals surface area contributed by atoms with Crippen LogP contribution < -0.4 is 0 Å². The maximum absolute atomic E-state index is 13.6. The van der Waals surface area contributed by atoms with Crippen LogP contribution in [-0.2, 0) is 0 Å². The van der Waals surface area contributed by atoms with E-state index in [1.807, 2.05) is 22.6 Å². The van der Waals surface area contributed by atoms with E-state index in [2.05, 4.69) is 15.9 Å². The van der Waals surface area contributed by atoms with Gasteiger partial charge in [-0.15, -0.1) is 0 Å². The van der Waals surface area contributed by atoms with Crippen molar-refractivity contribution < 1.29 is 18.0 Å². The van der Waals surface area contributed by atoms with Gasteiger partial charge in [0, 0.05) is 13.6 Å². The van der Waals surface area contributed by atoms with Gasteiger partial charge in [0.2, 0.25) is 0 Å². The van der Waals surface area contributed by atoms with Crippen molar-refractivity contribution in [2.24, 2.45) is 0 Å². The smallest absolute Gasteiger partial charge is 0.197 e. The van der Waals surface area contributed by atoms with Crippen LogP contribution in [0.15, 0.2) is 34.8 Å². The molecule has 0 bridgehead atoms. The van der Waals surface area contributed by atoms with Crippen molar-refractivity contribution >= 4 is 44.3 Å². The Bertz CT molecular complexity index is 673. The molecule has 0 atom stereocenters. The number of halogens is 5. The van der Waals surface area contributed by atoms with Crippen molar-refractivity contribution in [3.63, 3.8) is 0 Å². The third-order valence-corrected chi connectivity index (χ3v) is 3.82. The van der Waals surface area contributed by atoms with Gasteiger partial charge < -0.3 is 0 Å². The minimum atomic E-state index is -1.65. The molecule has 0 amide bonds. The lowest BCUT2D eigenvalue weighted by Crippen LogP contribution is -2.08. The van der Waals surface area contributed by atoms with E-state index in [-0.39, 0.29) is 5.56 Å². The second-order valence-electron chi connectivity index (χ2n) is 3.68. The number of hydrogen-bond acceptors (Lipinski definition) is 1. The molecule has 0 unspecified atom stereocenters. The Morgan fingerprint density at radius 1 is 1.00 bits per heavy atom. The summed E-state index contributed by atoms with van der Waals surface area (Å²) in [5, 5.41) is 0. The number of carbonyl (C=O) groups is 1. The summed E-state index contributed by atoms with van der Waals surface area (Å²) in [6.07, 6.45) is 0. The third-order valence-electron chi connectivity index (χ3n) is 2.45. The average molecular weight is 441 g/mol. The number of hydrogen-bond donors (Lipinski definition) is 0. The zero-order valence-electron chi connectivity index (χ0n) is 9.18. The summed E-state index contributed by atoms with van der Waals surface area (Å²) >= 11 is 5.17. The minimum absolute atomic E-state index is 0.191. The first-order chi connectivity index (χ1) is 8.91. The Kier molecular flexibility index (Phi) is 4.29. The van der Waals surface area contributed by atoms with Crippen molar-refractivity contribution in [2.75, 3.05) is 0 Å². The van der Waals surface area contributed by atoms with Crippen molar-refractivity contribution in [1.29, 1.82) is 0 Å². The minimum Gasteiger partial charge on any atom is -0.288 e. The Balaban J connectivity index is 2.56. The Morgan fingerprint density at radius 3 is 2.37 bits per heavy atom. The number of rotatable bonds is 2. The van der Waals surface area contributed by atoms with Crippen LogP contribution in [0.3, 0.4) is 0 Å². The molecular weight excluding hydrogens is 436 g/mol. The molecule has 0 fully saturated rings. The molecule has 98 valence electrons. The number of ketones is 1. The molecule has 0 heterocycles. The molecule has 0 aliphatic carbocycles. The van der Waals surface area contributed by atoms with E-state index in [1.54, 1.807) is 12.1 Å². The van der Waals surface area contributed by atoms with E-state index in [4.69, 9.17) is 0 Å². The normalized spacial score (nSPS) is 10.6. The summed E-state index contributed by atoms with van der Waals surface area (Å²) < 4.78 is 40.8. The first-order valence-corrected chi connectivity index (χ1v) is 6.92. The van der Waals surface area contributed by atoms with Crippen molar-refractivity contribution in [1.82, 2.24) is 0 Å². The van der Waals surface area contributed by atoms with E-state index < -0.39 is 28.8 Å². The Morgan fingerprint density at radius 2 is 1.68 bits per heavy atom. The lowest BCUT2D eigenvalue weighted by atomic mass is 10.0. The van der Waals surface area contributed by atoms with Crippen LogP contribution in [-0.4, -0.2) is 5.78 Å². The van der Waals surface area contributed by atoms with Gasteiger partial charge >= 0.3 is 0 Å². The quantitative estimate of drug-likeness (QED) is 0.376. The molecule has 1 nitrogen and oxygen atoms in total. The molecule has 0 radical (unpaired) electrons. The van der Waals surface area contributed by atoms with Crippen LogP contribution in [0.4, 0.5) is 13.2 Å². The van der Waals surface area contributed by atoms with Gasteiger partial charge in [0.15, 0.2) is 23.2 Å². The molecule has 0 saturated carbocycles. The largest absolute Gasteiger partial charge is 0.288 e. The Hall–Kier alpha value is -0.890. The van der Waals surface area contributed by atoms with Crippen molar-refractivity contribution in [2.45, 2.75) is 0 Å². The molecule has 6 heteroatoms. The van der Waals surface area contributed by atoms with Gasteiger partial charge in [-0.2, -0.15) is 0 Å². The molecular formula is C13H5BrF3IO. The van der Waals surface area contributed by atoms with Crippen molar-refractivity contribution in [3.8, 4) is 0 Å². The van der Waals surface area contributed by atoms with Gasteiger partial charge in [0.25, 0.3) is 0 Å². The molecule has 2 aromatic carbocycles. The van der Waals surface area contributed by atoms with Crippen LogP contribution in [0.2, 0.25) is 0 Å². The van der Waals surface area contributed by atoms with Gasteiger partial charge in [-0.25, -0.2) is 13.2 Å². The van der Waals surface area contributed by atoms with E-state index >= 15 is 0 Å². The van der Waals surface area contributed by atoms with Gasteiger partial charge in [0.05, 0.1) is 5.56 Å². The summed E-state index contributed by atoms with van der Waals surface area (Å²) in [5.41, 5.74) is -0.307. The molecule has 0 aromatic heterocycles. The zero-order chi connectivity index (χ0) is 14.2. The maximum atomic E-state index is 13.6. The second kappa shape index (κ2) is 5.62. The van der Waals surface area contributed by atoms with Crippen LogP contribution >= 0.6 is 38.5 Å². The average Bonchev–Trinajstić information content (AvgIpc) is 2.38. The molecule has 0 saturated heterocycles. The predicted octanol–water partition coefficient (Wildman–Crippen LogP) is 4.70. The molecule has 19 heavy (non-hydrogen) atoms. The van der Waals surface area contributed by atoms with Crippen LogP contribution in [0.5, 0.6) is 0 Å². The molecule has 0 spiro atoms. The summed E-state index contributed by atoms with van der Waals surface area (Å²) in [6, 6.07) is 6.58. The van der Waals surface area contributed by atoms with E-state index in [9.17, 15) is 18.0 Å². The highest BCUT2D eigenvalue weighted by Gasteiger charge is 2.21. The summed E-state index contributed by atoms with van der Waals surface area (Å²) in [6.45, 7) is 0. The lowest BCUT2D eigenvalue weighted by molar-refractivity contribution is 0.103. The maximum Gasteiger partial charge on any atom is 0.197 e. The fraction of sp³-hybridized carbons (Fsp3) is 0. The first kappa shape index (κ1) is 14.5. The van der Waals surface area contributed by atoms with Gasteiger partial charge in [0.1, 0.15) is 0 Å². The molecule has 2 aromatic rings. The standard InChI is InChI=1S/C13H5BrF3IO/c14-9-3-1-6(18)5-8(9)13(19)7-2-4-10(15)12(17)11(7)16/h1-5H. The van der Waals surface area contributed by atoms with Crippen LogP contribution in [0.1, 0.15) is 15.9 Å². The van der Waals surface area contributed by atoms with Gasteiger partial charge in [-0.1, -0.05) is 15.9 Å². The summed E-state index contributed by atoms with van der Waals surface area (Å²) in [5.74, 6) is -5.15. The number of carbonyl (C=O) groups excluding carboxylic acids is 1. The Labute approximate surface area is 129 Å². The first-order valence-electron chi connectivity index (χ1n) is 5.05. The van der Waals surface area contributed by atoms with E-state index in [1.165, 1.54) is 6.07 Å². The van der Waals surface area contributed by atoms with Gasteiger partial charge in [-0.3, -0.25) is 4.79 Å². The highest BCUT2D eigenvalue weighted by molar-refractivity contribution is 14.1. The molecule has 0 aliphatic rings. The molecule has 0 aliphatic heterocycles. The van der Waals surface area contributed by atoms with Crippen LogP contribution in [0.25, 0.3) is 0 Å². The highest BCUT2D eigenvalue weighted by Crippen LogP contribution is 2.25. The fourth-order valence-corrected chi connectivity index (χ4v) is 2.44. The predicted molar refractivity (Wildman–Crippen MR) is 76.6 cm³/mol. The summed E-state index contributed by atoms with van der Waals surface area (Å²) in [7, 11) is 0. The van der Waals surface area contributed by atoms with E-state index in [0.717, 1.165) is 15.7 Å². The third kappa shape index (κ3) is 2.84. The lowest BCUT2D eigenvalue weighted by Gasteiger charge is -2.06. The SMILES string of the molecule is O=C(c1cc(I)ccc1Br)c1ccc(F)c(F)c1F. The zero-order valence-corrected chi connectivity index (χ0v) is 12.9. The van der Waals surface area contributed by atoms with E-state index in [0.29, 0.717) is 4.47 Å². The fourth-order valence-electron chi connectivity index (χ4n) is 1.52. The van der Waals surface area contributed by atoms with Gasteiger partial charge in [-0.05, 0) is 52.9 Å². The van der Waals surface area contributed by atoms with Crippen LogP contribution in [0, 0.1) is 21.0 Å². The second-order valence-corrected chi connectivity index (χ2v) is 5.78.